The molecule has 1 aromatic heterocycles. The molecule has 2 aromatic rings. The number of thiophene rings is 1. The monoisotopic (exact) mass is 351 g/mol. The number of nitrogens with zero attached hydrogens (tertiary/aromatic N) is 1. The number of benzene rings is 1. The first-order valence-electron chi connectivity index (χ1n) is 6.44. The predicted octanol–water partition coefficient (Wildman–Crippen LogP) is 4.09. The molecular weight excluding hydrogens is 338 g/mol. The number of para-hydroxylation sites is 1. The maximum absolute atomic E-state index is 13.0. The Labute approximate surface area is 137 Å². The predicted molar refractivity (Wildman–Crippen MR) is 93.3 cm³/mol. The largest absolute Gasteiger partial charge is 0.297 e. The van der Waals surface area contributed by atoms with E-state index in [0.29, 0.717) is 32.3 Å². The second kappa shape index (κ2) is 5.57. The van der Waals surface area contributed by atoms with Gasteiger partial charge in [-0.1, -0.05) is 18.2 Å². The fourth-order valence-electron chi connectivity index (χ4n) is 2.52. The minimum absolute atomic E-state index is 0.319. The van der Waals surface area contributed by atoms with E-state index >= 15 is 0 Å². The number of fused-ring (bicyclic) bond motifs is 1. The summed E-state index contributed by atoms with van der Waals surface area (Å²) < 4.78 is 27.6. The van der Waals surface area contributed by atoms with Crippen LogP contribution in [0.5, 0.6) is 0 Å². The molecule has 0 atom stereocenters. The Kier molecular flexibility index (Phi) is 3.88. The Hall–Kier alpha value is -1.57. The number of allylic oxidation sites excluding steroid dienone is 1. The number of hydrogen-bond donors (Lipinski definition) is 0. The molecule has 2 heterocycles. The number of rotatable bonds is 3. The zero-order valence-corrected chi connectivity index (χ0v) is 14.4. The molecule has 0 unspecified atom stereocenters. The van der Waals surface area contributed by atoms with Gasteiger partial charge in [-0.3, -0.25) is 4.79 Å². The van der Waals surface area contributed by atoms with Crippen molar-refractivity contribution in [2.75, 3.05) is 10.6 Å². The van der Waals surface area contributed by atoms with Gasteiger partial charge in [0.2, 0.25) is 0 Å². The van der Waals surface area contributed by atoms with Crippen molar-refractivity contribution in [1.82, 2.24) is 0 Å². The second-order valence-corrected chi connectivity index (χ2v) is 8.41. The standard InChI is InChI=1S/C15H13NO3S3/c1-10-12-9-21-13(8-17)14(12)16(11-6-4-3-5-7-11)22(18,19)15(10)20-2/h3-9H,1-2H3. The van der Waals surface area contributed by atoms with Gasteiger partial charge in [0.05, 0.1) is 16.3 Å². The Morgan fingerprint density at radius 3 is 2.50 bits per heavy atom. The van der Waals surface area contributed by atoms with Gasteiger partial charge in [-0.2, -0.15) is 0 Å². The van der Waals surface area contributed by atoms with Crippen LogP contribution in [0.4, 0.5) is 11.4 Å². The lowest BCUT2D eigenvalue weighted by atomic mass is 10.1. The molecule has 0 N–H and O–H groups in total. The quantitative estimate of drug-likeness (QED) is 0.782. The zero-order valence-electron chi connectivity index (χ0n) is 11.9. The van der Waals surface area contributed by atoms with E-state index in [4.69, 9.17) is 0 Å². The molecule has 0 spiro atoms. The van der Waals surface area contributed by atoms with E-state index in [-0.39, 0.29) is 0 Å². The molecule has 0 radical (unpaired) electrons. The van der Waals surface area contributed by atoms with Crippen molar-refractivity contribution in [3.63, 3.8) is 0 Å². The molecule has 1 aromatic carbocycles. The van der Waals surface area contributed by atoms with Gasteiger partial charge in [-0.25, -0.2) is 12.7 Å². The Bertz CT molecular complexity index is 867. The molecular formula is C15H13NO3S3. The van der Waals surface area contributed by atoms with Crippen molar-refractivity contribution in [1.29, 1.82) is 0 Å². The minimum atomic E-state index is -3.71. The van der Waals surface area contributed by atoms with E-state index in [1.54, 1.807) is 37.4 Å². The molecule has 4 nitrogen and oxygen atoms in total. The van der Waals surface area contributed by atoms with Gasteiger partial charge < -0.3 is 0 Å². The summed E-state index contributed by atoms with van der Waals surface area (Å²) in [6.07, 6.45) is 2.46. The molecule has 3 rings (SSSR count). The average Bonchev–Trinajstić information content (AvgIpc) is 2.92. The van der Waals surface area contributed by atoms with Crippen LogP contribution in [0.15, 0.2) is 39.9 Å². The number of carbonyl (C=O) groups excluding carboxylic acids is 1. The molecule has 7 heteroatoms. The van der Waals surface area contributed by atoms with Gasteiger partial charge in [-0.05, 0) is 30.9 Å². The van der Waals surface area contributed by atoms with Crippen molar-refractivity contribution >= 4 is 56.4 Å². The zero-order chi connectivity index (χ0) is 15.9. The smallest absolute Gasteiger partial charge is 0.275 e. The van der Waals surface area contributed by atoms with Crippen molar-refractivity contribution in [3.05, 3.63) is 50.4 Å². The summed E-state index contributed by atoms with van der Waals surface area (Å²) in [5, 5.41) is 1.84. The molecule has 1 aliphatic heterocycles. The minimum Gasteiger partial charge on any atom is -0.297 e. The third kappa shape index (κ3) is 2.12. The molecule has 114 valence electrons. The summed E-state index contributed by atoms with van der Waals surface area (Å²) in [7, 11) is -3.71. The third-order valence-electron chi connectivity index (χ3n) is 3.46. The number of carbonyl (C=O) groups is 1. The Morgan fingerprint density at radius 1 is 1.23 bits per heavy atom. The molecule has 0 fully saturated rings. The maximum Gasteiger partial charge on any atom is 0.275 e. The van der Waals surface area contributed by atoms with E-state index in [0.717, 1.165) is 5.56 Å². The summed E-state index contributed by atoms with van der Waals surface area (Å²) >= 11 is 2.47. The highest BCUT2D eigenvalue weighted by Gasteiger charge is 2.38. The fraction of sp³-hybridized carbons (Fsp3) is 0.133. The van der Waals surface area contributed by atoms with Gasteiger partial charge in [0, 0.05) is 10.9 Å². The number of anilines is 2. The first-order chi connectivity index (χ1) is 10.5. The van der Waals surface area contributed by atoms with E-state index in [2.05, 4.69) is 0 Å². The van der Waals surface area contributed by atoms with Crippen LogP contribution < -0.4 is 4.31 Å². The van der Waals surface area contributed by atoms with Crippen LogP contribution in [0.3, 0.4) is 0 Å². The number of thioether (sulfide) groups is 1. The topological polar surface area (TPSA) is 54.5 Å². The summed E-state index contributed by atoms with van der Waals surface area (Å²) in [6.45, 7) is 1.78. The Morgan fingerprint density at radius 2 is 1.91 bits per heavy atom. The molecule has 22 heavy (non-hydrogen) atoms. The molecule has 0 bridgehead atoms. The van der Waals surface area contributed by atoms with E-state index < -0.39 is 10.0 Å². The Balaban J connectivity index is 2.39. The van der Waals surface area contributed by atoms with Gasteiger partial charge in [0.15, 0.2) is 6.29 Å². The van der Waals surface area contributed by atoms with Gasteiger partial charge in [-0.15, -0.1) is 23.1 Å². The molecule has 0 amide bonds. The van der Waals surface area contributed by atoms with Gasteiger partial charge in [0.1, 0.15) is 4.24 Å². The van der Waals surface area contributed by atoms with Crippen LogP contribution in [0.25, 0.3) is 5.57 Å². The van der Waals surface area contributed by atoms with Crippen LogP contribution in [-0.2, 0) is 10.0 Å². The lowest BCUT2D eigenvalue weighted by molar-refractivity contribution is 0.112. The SMILES string of the molecule is CSC1=C(C)c2csc(C=O)c2N(c2ccccc2)S1(=O)=O. The summed E-state index contributed by atoms with van der Waals surface area (Å²) in [5.41, 5.74) is 2.49. The highest BCUT2D eigenvalue weighted by atomic mass is 32.3. The highest BCUT2D eigenvalue weighted by molar-refractivity contribution is 8.19. The first-order valence-corrected chi connectivity index (χ1v) is 9.99. The number of sulfonamides is 1. The van der Waals surface area contributed by atoms with Crippen molar-refractivity contribution in [3.8, 4) is 0 Å². The van der Waals surface area contributed by atoms with Crippen LogP contribution >= 0.6 is 23.1 Å². The summed E-state index contributed by atoms with van der Waals surface area (Å²) in [4.78, 5) is 11.8. The van der Waals surface area contributed by atoms with Crippen molar-refractivity contribution < 1.29 is 13.2 Å². The molecule has 0 saturated heterocycles. The second-order valence-electron chi connectivity index (χ2n) is 4.70. The molecule has 0 saturated carbocycles. The normalized spacial score (nSPS) is 16.5. The lowest BCUT2D eigenvalue weighted by Crippen LogP contribution is -2.30. The number of hydrogen-bond acceptors (Lipinski definition) is 5. The van der Waals surface area contributed by atoms with E-state index in [9.17, 15) is 13.2 Å². The van der Waals surface area contributed by atoms with Crippen molar-refractivity contribution in [2.45, 2.75) is 6.92 Å². The van der Waals surface area contributed by atoms with Crippen LogP contribution in [-0.4, -0.2) is 21.0 Å². The average molecular weight is 351 g/mol. The molecule has 1 aliphatic rings. The van der Waals surface area contributed by atoms with Crippen molar-refractivity contribution in [2.24, 2.45) is 0 Å². The summed E-state index contributed by atoms with van der Waals surface area (Å²) in [6, 6.07) is 8.84. The summed E-state index contributed by atoms with van der Waals surface area (Å²) in [5.74, 6) is 0. The van der Waals surface area contributed by atoms with Crippen LogP contribution in [0, 0.1) is 0 Å². The van der Waals surface area contributed by atoms with E-state index in [1.807, 2.05) is 11.4 Å². The first kappa shape index (κ1) is 15.3. The third-order valence-corrected chi connectivity index (χ3v) is 7.82. The molecule has 0 aliphatic carbocycles. The highest BCUT2D eigenvalue weighted by Crippen LogP contribution is 2.49. The number of aldehydes is 1. The van der Waals surface area contributed by atoms with Gasteiger partial charge in [0.25, 0.3) is 10.0 Å². The van der Waals surface area contributed by atoms with Crippen LogP contribution in [0.1, 0.15) is 22.2 Å². The van der Waals surface area contributed by atoms with Crippen LogP contribution in [0.2, 0.25) is 0 Å². The maximum atomic E-state index is 13.0. The van der Waals surface area contributed by atoms with Gasteiger partial charge >= 0.3 is 0 Å². The van der Waals surface area contributed by atoms with E-state index in [1.165, 1.54) is 27.4 Å². The fourth-order valence-corrected chi connectivity index (χ4v) is 6.46. The lowest BCUT2D eigenvalue weighted by Gasteiger charge is -2.31.